The minimum Gasteiger partial charge on any atom is -0.497 e. The molecule has 3 aromatic rings. The van der Waals surface area contributed by atoms with Crippen LogP contribution in [0.4, 0.5) is 0 Å². The largest absolute Gasteiger partial charge is 0.497 e. The Morgan fingerprint density at radius 1 is 1.21 bits per heavy atom. The Morgan fingerprint density at radius 3 is 2.79 bits per heavy atom. The Balaban J connectivity index is 1.46. The number of carbonyl (C=O) groups is 1. The summed E-state index contributed by atoms with van der Waals surface area (Å²) in [5.74, 6) is 1.46. The standard InChI is InChI=1S/C22H23N3O3/c1-28-16-10-8-15(9-11-16)19-7-4-14-25(19)21(26)13-12-20-23-18-6-3-2-5-17(18)22(27)24-20/h2-3,5-6,8-11,19H,4,7,12-14H2,1H3,(H,23,24,27). The maximum atomic E-state index is 12.9. The summed E-state index contributed by atoms with van der Waals surface area (Å²) in [5, 5.41) is 0.566. The molecule has 1 aliphatic rings. The van der Waals surface area contributed by atoms with Crippen LogP contribution in [0.5, 0.6) is 5.75 Å². The van der Waals surface area contributed by atoms with Gasteiger partial charge in [-0.2, -0.15) is 0 Å². The molecule has 6 heteroatoms. The smallest absolute Gasteiger partial charge is 0.258 e. The van der Waals surface area contributed by atoms with E-state index < -0.39 is 0 Å². The van der Waals surface area contributed by atoms with Crippen molar-refractivity contribution in [1.82, 2.24) is 14.9 Å². The molecule has 28 heavy (non-hydrogen) atoms. The highest BCUT2D eigenvalue weighted by Crippen LogP contribution is 2.33. The Bertz CT molecular complexity index is 1040. The molecule has 1 saturated heterocycles. The van der Waals surface area contributed by atoms with Crippen molar-refractivity contribution in [3.05, 3.63) is 70.3 Å². The van der Waals surface area contributed by atoms with Crippen molar-refractivity contribution in [3.63, 3.8) is 0 Å². The lowest BCUT2D eigenvalue weighted by molar-refractivity contribution is -0.132. The number of hydrogen-bond donors (Lipinski definition) is 1. The number of nitrogens with zero attached hydrogens (tertiary/aromatic N) is 2. The van der Waals surface area contributed by atoms with E-state index in [1.54, 1.807) is 13.2 Å². The van der Waals surface area contributed by atoms with Gasteiger partial charge in [0.25, 0.3) is 5.56 Å². The number of likely N-dealkylation sites (tertiary alicyclic amines) is 1. The third-order valence-corrected chi connectivity index (χ3v) is 5.31. The number of aryl methyl sites for hydroxylation is 1. The van der Waals surface area contributed by atoms with Crippen LogP contribution in [0.3, 0.4) is 0 Å². The molecule has 2 aromatic carbocycles. The van der Waals surface area contributed by atoms with Crippen LogP contribution < -0.4 is 10.3 Å². The zero-order valence-corrected chi connectivity index (χ0v) is 15.9. The molecule has 0 aliphatic carbocycles. The summed E-state index contributed by atoms with van der Waals surface area (Å²) in [4.78, 5) is 34.3. The van der Waals surface area contributed by atoms with Crippen molar-refractivity contribution in [2.45, 2.75) is 31.7 Å². The highest BCUT2D eigenvalue weighted by Gasteiger charge is 2.29. The van der Waals surface area contributed by atoms with Crippen molar-refractivity contribution in [2.75, 3.05) is 13.7 Å². The number of ether oxygens (including phenoxy) is 1. The van der Waals surface area contributed by atoms with Gasteiger partial charge in [0.15, 0.2) is 0 Å². The van der Waals surface area contributed by atoms with Gasteiger partial charge in [-0.15, -0.1) is 0 Å². The molecule has 1 N–H and O–H groups in total. The van der Waals surface area contributed by atoms with Crippen LogP contribution in [-0.4, -0.2) is 34.4 Å². The number of rotatable bonds is 5. The van der Waals surface area contributed by atoms with E-state index in [0.29, 0.717) is 29.6 Å². The van der Waals surface area contributed by atoms with E-state index in [0.717, 1.165) is 30.7 Å². The average molecular weight is 377 g/mol. The minimum atomic E-state index is -0.162. The molecule has 0 saturated carbocycles. The summed E-state index contributed by atoms with van der Waals surface area (Å²) in [6.45, 7) is 0.761. The topological polar surface area (TPSA) is 75.3 Å². The predicted octanol–water partition coefficient (Wildman–Crippen LogP) is 3.23. The van der Waals surface area contributed by atoms with E-state index in [4.69, 9.17) is 4.74 Å². The molecule has 0 bridgehead atoms. The number of benzene rings is 2. The first-order valence-corrected chi connectivity index (χ1v) is 9.57. The number of fused-ring (bicyclic) bond motifs is 1. The summed E-state index contributed by atoms with van der Waals surface area (Å²) in [6, 6.07) is 15.2. The van der Waals surface area contributed by atoms with Gasteiger partial charge in [0.2, 0.25) is 5.91 Å². The summed E-state index contributed by atoms with van der Waals surface area (Å²) in [5.41, 5.74) is 1.63. The van der Waals surface area contributed by atoms with Gasteiger partial charge in [-0.25, -0.2) is 4.98 Å². The number of amides is 1. The molecule has 1 aliphatic heterocycles. The van der Waals surface area contributed by atoms with E-state index >= 15 is 0 Å². The normalized spacial score (nSPS) is 16.5. The van der Waals surface area contributed by atoms with Crippen LogP contribution in [0.2, 0.25) is 0 Å². The number of nitrogens with one attached hydrogen (secondary N) is 1. The van der Waals surface area contributed by atoms with Crippen molar-refractivity contribution >= 4 is 16.8 Å². The van der Waals surface area contributed by atoms with Crippen LogP contribution >= 0.6 is 0 Å². The van der Waals surface area contributed by atoms with E-state index in [2.05, 4.69) is 9.97 Å². The fourth-order valence-electron chi connectivity index (χ4n) is 3.86. The quantitative estimate of drug-likeness (QED) is 0.741. The van der Waals surface area contributed by atoms with Crippen molar-refractivity contribution in [1.29, 1.82) is 0 Å². The maximum Gasteiger partial charge on any atom is 0.258 e. The van der Waals surface area contributed by atoms with Gasteiger partial charge >= 0.3 is 0 Å². The molecule has 144 valence electrons. The first kappa shape index (κ1) is 18.2. The first-order valence-electron chi connectivity index (χ1n) is 9.57. The fourth-order valence-corrected chi connectivity index (χ4v) is 3.86. The minimum absolute atomic E-state index is 0.0918. The Kier molecular flexibility index (Phi) is 5.10. The molecule has 0 radical (unpaired) electrons. The van der Waals surface area contributed by atoms with Gasteiger partial charge in [0.1, 0.15) is 11.6 Å². The summed E-state index contributed by atoms with van der Waals surface area (Å²) < 4.78 is 5.22. The van der Waals surface area contributed by atoms with Crippen molar-refractivity contribution in [2.24, 2.45) is 0 Å². The van der Waals surface area contributed by atoms with E-state index in [1.165, 1.54) is 0 Å². The number of aromatic amines is 1. The molecule has 1 unspecified atom stereocenters. The SMILES string of the molecule is COc1ccc(C2CCCN2C(=O)CCc2nc3ccccc3c(=O)[nH]2)cc1. The maximum absolute atomic E-state index is 12.9. The van der Waals surface area contributed by atoms with E-state index in [-0.39, 0.29) is 17.5 Å². The molecule has 1 atom stereocenters. The lowest BCUT2D eigenvalue weighted by Crippen LogP contribution is -2.31. The van der Waals surface area contributed by atoms with Crippen LogP contribution in [-0.2, 0) is 11.2 Å². The van der Waals surface area contributed by atoms with E-state index in [1.807, 2.05) is 47.4 Å². The second-order valence-electron chi connectivity index (χ2n) is 7.05. The number of aromatic nitrogens is 2. The molecule has 1 aromatic heterocycles. The molecule has 4 rings (SSSR count). The Labute approximate surface area is 163 Å². The van der Waals surface area contributed by atoms with Crippen LogP contribution in [0.25, 0.3) is 10.9 Å². The third kappa shape index (κ3) is 3.63. The Hall–Kier alpha value is -3.15. The molecule has 6 nitrogen and oxygen atoms in total. The molecular weight excluding hydrogens is 354 g/mol. The first-order chi connectivity index (χ1) is 13.7. The summed E-state index contributed by atoms with van der Waals surface area (Å²) >= 11 is 0. The fraction of sp³-hybridized carbons (Fsp3) is 0.318. The van der Waals surface area contributed by atoms with Gasteiger partial charge in [-0.05, 0) is 42.7 Å². The second kappa shape index (κ2) is 7.84. The molecule has 2 heterocycles. The lowest BCUT2D eigenvalue weighted by atomic mass is 10.0. The number of para-hydroxylation sites is 1. The van der Waals surface area contributed by atoms with Crippen molar-refractivity contribution in [3.8, 4) is 5.75 Å². The predicted molar refractivity (Wildman–Crippen MR) is 107 cm³/mol. The summed E-state index contributed by atoms with van der Waals surface area (Å²) in [6.07, 6.45) is 2.70. The number of hydrogen-bond acceptors (Lipinski definition) is 4. The van der Waals surface area contributed by atoms with Gasteiger partial charge < -0.3 is 14.6 Å². The highest BCUT2D eigenvalue weighted by atomic mass is 16.5. The Morgan fingerprint density at radius 2 is 2.00 bits per heavy atom. The molecule has 1 amide bonds. The summed E-state index contributed by atoms with van der Waals surface area (Å²) in [7, 11) is 1.64. The second-order valence-corrected chi connectivity index (χ2v) is 7.05. The van der Waals surface area contributed by atoms with E-state index in [9.17, 15) is 9.59 Å². The van der Waals surface area contributed by atoms with Gasteiger partial charge in [-0.1, -0.05) is 24.3 Å². The van der Waals surface area contributed by atoms with Crippen LogP contribution in [0.15, 0.2) is 53.3 Å². The highest BCUT2D eigenvalue weighted by molar-refractivity contribution is 5.78. The zero-order valence-electron chi connectivity index (χ0n) is 15.9. The number of carbonyl (C=O) groups excluding carboxylic acids is 1. The van der Waals surface area contributed by atoms with Crippen LogP contribution in [0, 0.1) is 0 Å². The van der Waals surface area contributed by atoms with Crippen molar-refractivity contribution < 1.29 is 9.53 Å². The third-order valence-electron chi connectivity index (χ3n) is 5.31. The number of methoxy groups -OCH3 is 1. The van der Waals surface area contributed by atoms with Gasteiger partial charge in [0, 0.05) is 19.4 Å². The molecular formula is C22H23N3O3. The van der Waals surface area contributed by atoms with Gasteiger partial charge in [0.05, 0.1) is 24.1 Å². The zero-order chi connectivity index (χ0) is 19.5. The number of H-pyrrole nitrogens is 1. The average Bonchev–Trinajstić information content (AvgIpc) is 3.22. The monoisotopic (exact) mass is 377 g/mol. The van der Waals surface area contributed by atoms with Gasteiger partial charge in [-0.3, -0.25) is 9.59 Å². The molecule has 1 fully saturated rings. The molecule has 0 spiro atoms. The van der Waals surface area contributed by atoms with Crippen LogP contribution in [0.1, 0.15) is 36.7 Å². The lowest BCUT2D eigenvalue weighted by Gasteiger charge is -2.25.